The fourth-order valence-electron chi connectivity index (χ4n) is 4.88. The molecular formula is C29H27NO3. The number of benzene rings is 3. The third-order valence-corrected chi connectivity index (χ3v) is 6.41. The van der Waals surface area contributed by atoms with E-state index in [1.165, 1.54) is 0 Å². The SMILES string of the molecule is C=C(/C=C\C=C/C)[C@H]1[C@H](C(=O)O)[C@H](c2ccccc2)[C@H]1C(=O)Nc1cccc2ccccc12. The molecule has 0 bridgehead atoms. The number of amides is 1. The van der Waals surface area contributed by atoms with Gasteiger partial charge in [-0.05, 0) is 23.9 Å². The number of aliphatic carboxylic acids is 1. The molecule has 1 amide bonds. The van der Waals surface area contributed by atoms with Crippen LogP contribution in [0.15, 0.2) is 109 Å². The molecule has 0 saturated heterocycles. The Labute approximate surface area is 194 Å². The molecule has 4 heteroatoms. The van der Waals surface area contributed by atoms with Gasteiger partial charge in [0.15, 0.2) is 0 Å². The Bertz CT molecular complexity index is 1240. The molecule has 1 saturated carbocycles. The fourth-order valence-corrected chi connectivity index (χ4v) is 4.88. The lowest BCUT2D eigenvalue weighted by Crippen LogP contribution is -2.54. The second-order valence-corrected chi connectivity index (χ2v) is 8.33. The Balaban J connectivity index is 1.72. The van der Waals surface area contributed by atoms with E-state index >= 15 is 0 Å². The zero-order valence-electron chi connectivity index (χ0n) is 18.5. The van der Waals surface area contributed by atoms with Gasteiger partial charge in [-0.25, -0.2) is 0 Å². The van der Waals surface area contributed by atoms with Crippen LogP contribution in [0.25, 0.3) is 10.8 Å². The number of anilines is 1. The summed E-state index contributed by atoms with van der Waals surface area (Å²) in [6.45, 7) is 6.04. The van der Waals surface area contributed by atoms with Crippen molar-refractivity contribution in [3.63, 3.8) is 0 Å². The molecule has 1 aliphatic carbocycles. The normalized spacial score (nSPS) is 22.3. The fraction of sp³-hybridized carbons (Fsp3) is 0.172. The van der Waals surface area contributed by atoms with Crippen LogP contribution >= 0.6 is 0 Å². The highest BCUT2D eigenvalue weighted by atomic mass is 16.4. The van der Waals surface area contributed by atoms with E-state index in [9.17, 15) is 14.7 Å². The van der Waals surface area contributed by atoms with Crippen LogP contribution in [0.3, 0.4) is 0 Å². The van der Waals surface area contributed by atoms with Crippen LogP contribution < -0.4 is 5.32 Å². The lowest BCUT2D eigenvalue weighted by Gasteiger charge is -2.49. The van der Waals surface area contributed by atoms with Crippen molar-refractivity contribution in [3.05, 3.63) is 115 Å². The average Bonchev–Trinajstić information content (AvgIpc) is 2.79. The van der Waals surface area contributed by atoms with Crippen molar-refractivity contribution < 1.29 is 14.7 Å². The first kappa shape index (κ1) is 22.3. The monoisotopic (exact) mass is 437 g/mol. The lowest BCUT2D eigenvalue weighted by molar-refractivity contribution is -0.154. The molecule has 4 atom stereocenters. The number of fused-ring (bicyclic) bond motifs is 1. The molecule has 4 rings (SSSR count). The van der Waals surface area contributed by atoms with E-state index in [0.29, 0.717) is 5.57 Å². The Morgan fingerprint density at radius 2 is 1.58 bits per heavy atom. The largest absolute Gasteiger partial charge is 0.481 e. The molecule has 2 N–H and O–H groups in total. The van der Waals surface area contributed by atoms with Gasteiger partial charge in [0, 0.05) is 22.9 Å². The quantitative estimate of drug-likeness (QED) is 0.433. The summed E-state index contributed by atoms with van der Waals surface area (Å²) in [6.07, 6.45) is 7.38. The van der Waals surface area contributed by atoms with Gasteiger partial charge in [-0.3, -0.25) is 9.59 Å². The average molecular weight is 438 g/mol. The molecule has 166 valence electrons. The molecule has 4 nitrogen and oxygen atoms in total. The van der Waals surface area contributed by atoms with Crippen molar-refractivity contribution in [3.8, 4) is 0 Å². The molecular weight excluding hydrogens is 410 g/mol. The van der Waals surface area contributed by atoms with E-state index < -0.39 is 29.6 Å². The summed E-state index contributed by atoms with van der Waals surface area (Å²) in [5, 5.41) is 15.1. The van der Waals surface area contributed by atoms with Gasteiger partial charge in [0.25, 0.3) is 0 Å². The van der Waals surface area contributed by atoms with Gasteiger partial charge >= 0.3 is 5.97 Å². The minimum Gasteiger partial charge on any atom is -0.481 e. The van der Waals surface area contributed by atoms with Crippen LogP contribution in [0.4, 0.5) is 5.69 Å². The maximum Gasteiger partial charge on any atom is 0.307 e. The van der Waals surface area contributed by atoms with Gasteiger partial charge in [0.05, 0.1) is 11.8 Å². The molecule has 0 aliphatic heterocycles. The maximum absolute atomic E-state index is 13.7. The standard InChI is InChI=1S/C29H27NO3/c1-3-4-6-12-19(2)24-26(25(27(24)29(32)33)21-14-7-5-8-15-21)28(31)30-23-18-11-16-20-13-9-10-17-22(20)23/h3-18,24-27H,2H2,1H3,(H,30,31)(H,32,33)/b4-3-,12-6-/t24-,25-,26+,27+/m1/s1. The highest BCUT2D eigenvalue weighted by Crippen LogP contribution is 2.56. The molecule has 0 heterocycles. The van der Waals surface area contributed by atoms with Gasteiger partial charge in [-0.1, -0.05) is 103 Å². The van der Waals surface area contributed by atoms with Crippen LogP contribution in [0, 0.1) is 17.8 Å². The van der Waals surface area contributed by atoms with E-state index in [4.69, 9.17) is 0 Å². The second-order valence-electron chi connectivity index (χ2n) is 8.33. The zero-order valence-corrected chi connectivity index (χ0v) is 18.5. The van der Waals surface area contributed by atoms with Gasteiger partial charge in [0.2, 0.25) is 5.91 Å². The Morgan fingerprint density at radius 1 is 0.879 bits per heavy atom. The number of hydrogen-bond donors (Lipinski definition) is 2. The minimum atomic E-state index is -0.913. The molecule has 3 aromatic carbocycles. The molecule has 33 heavy (non-hydrogen) atoms. The smallest absolute Gasteiger partial charge is 0.307 e. The number of rotatable bonds is 7. The van der Waals surface area contributed by atoms with Crippen LogP contribution in [0.1, 0.15) is 18.4 Å². The predicted molar refractivity (Wildman–Crippen MR) is 133 cm³/mol. The van der Waals surface area contributed by atoms with Crippen LogP contribution in [0.2, 0.25) is 0 Å². The van der Waals surface area contributed by atoms with Crippen LogP contribution in [-0.2, 0) is 9.59 Å². The summed E-state index contributed by atoms with van der Waals surface area (Å²) >= 11 is 0. The Hall–Kier alpha value is -3.92. The first-order chi connectivity index (χ1) is 16.0. The Morgan fingerprint density at radius 3 is 2.30 bits per heavy atom. The Kier molecular flexibility index (Phi) is 6.55. The first-order valence-electron chi connectivity index (χ1n) is 11.1. The maximum atomic E-state index is 13.7. The highest BCUT2D eigenvalue weighted by molar-refractivity contribution is 6.04. The first-order valence-corrected chi connectivity index (χ1v) is 11.1. The van der Waals surface area contributed by atoms with Crippen molar-refractivity contribution in [2.45, 2.75) is 12.8 Å². The third-order valence-electron chi connectivity index (χ3n) is 6.41. The van der Waals surface area contributed by atoms with Crippen molar-refractivity contribution in [2.75, 3.05) is 5.32 Å². The van der Waals surface area contributed by atoms with Crippen LogP contribution in [0.5, 0.6) is 0 Å². The van der Waals surface area contributed by atoms with Crippen molar-refractivity contribution in [1.82, 2.24) is 0 Å². The molecule has 3 aromatic rings. The van der Waals surface area contributed by atoms with Gasteiger partial charge in [-0.15, -0.1) is 0 Å². The number of carbonyl (C=O) groups excluding carboxylic acids is 1. The van der Waals surface area contributed by atoms with Crippen molar-refractivity contribution in [2.24, 2.45) is 17.8 Å². The van der Waals surface area contributed by atoms with E-state index in [1.807, 2.05) is 97.9 Å². The van der Waals surface area contributed by atoms with E-state index in [0.717, 1.165) is 22.0 Å². The van der Waals surface area contributed by atoms with Gasteiger partial charge in [-0.2, -0.15) is 0 Å². The van der Waals surface area contributed by atoms with Crippen molar-refractivity contribution >= 4 is 28.3 Å². The zero-order chi connectivity index (χ0) is 23.4. The van der Waals surface area contributed by atoms with E-state index in [1.54, 1.807) is 6.08 Å². The van der Waals surface area contributed by atoms with Crippen molar-refractivity contribution in [1.29, 1.82) is 0 Å². The molecule has 1 fully saturated rings. The molecule has 1 aliphatic rings. The summed E-state index contributed by atoms with van der Waals surface area (Å²) in [7, 11) is 0. The van der Waals surface area contributed by atoms with E-state index in [2.05, 4.69) is 11.9 Å². The third kappa shape index (κ3) is 4.37. The highest BCUT2D eigenvalue weighted by Gasteiger charge is 2.58. The molecule has 0 aromatic heterocycles. The number of allylic oxidation sites excluding steroid dienone is 5. The van der Waals surface area contributed by atoms with E-state index in [-0.39, 0.29) is 5.91 Å². The topological polar surface area (TPSA) is 66.4 Å². The summed E-state index contributed by atoms with van der Waals surface area (Å²) in [5.74, 6) is -3.31. The molecule has 0 radical (unpaired) electrons. The second kappa shape index (κ2) is 9.70. The predicted octanol–water partition coefficient (Wildman–Crippen LogP) is 6.20. The van der Waals surface area contributed by atoms with Gasteiger partial charge < -0.3 is 10.4 Å². The summed E-state index contributed by atoms with van der Waals surface area (Å²) < 4.78 is 0. The van der Waals surface area contributed by atoms with Crippen LogP contribution in [-0.4, -0.2) is 17.0 Å². The number of carbonyl (C=O) groups is 2. The summed E-state index contributed by atoms with van der Waals surface area (Å²) in [4.78, 5) is 26.0. The number of hydrogen-bond acceptors (Lipinski definition) is 2. The summed E-state index contributed by atoms with van der Waals surface area (Å²) in [5.41, 5.74) is 2.22. The number of nitrogens with one attached hydrogen (secondary N) is 1. The summed E-state index contributed by atoms with van der Waals surface area (Å²) in [6, 6.07) is 23.1. The molecule has 0 spiro atoms. The lowest BCUT2D eigenvalue weighted by atomic mass is 9.52. The minimum absolute atomic E-state index is 0.191. The number of carboxylic acids is 1. The van der Waals surface area contributed by atoms with Gasteiger partial charge in [0.1, 0.15) is 0 Å². The number of carboxylic acid groups (broad SMARTS) is 1. The molecule has 0 unspecified atom stereocenters.